The van der Waals surface area contributed by atoms with Gasteiger partial charge < -0.3 is 10.5 Å². The third-order valence-corrected chi connectivity index (χ3v) is 1.81. The molecule has 0 spiro atoms. The van der Waals surface area contributed by atoms with Gasteiger partial charge in [0.05, 0.1) is 5.69 Å². The average molecular weight is 184 g/mol. The number of methoxy groups -OCH3 is 1. The molecule has 13 heavy (non-hydrogen) atoms. The molecule has 0 bridgehead atoms. The first kappa shape index (κ1) is 10.1. The largest absolute Gasteiger partial charge is 0.385 e. The monoisotopic (exact) mass is 184 g/mol. The quantitative estimate of drug-likeness (QED) is 0.683. The second-order valence-electron chi connectivity index (χ2n) is 3.13. The van der Waals surface area contributed by atoms with Gasteiger partial charge in [-0.15, -0.1) is 5.10 Å². The summed E-state index contributed by atoms with van der Waals surface area (Å²) in [5, 5.41) is 7.79. The highest BCUT2D eigenvalue weighted by molar-refractivity contribution is 4.94. The molecule has 0 aliphatic rings. The van der Waals surface area contributed by atoms with Crippen molar-refractivity contribution in [2.45, 2.75) is 18.9 Å². The van der Waals surface area contributed by atoms with E-state index in [4.69, 9.17) is 10.5 Å². The van der Waals surface area contributed by atoms with E-state index in [2.05, 4.69) is 10.3 Å². The SMILES string of the molecule is COCCC(N)Cc1cn(C)nn1. The number of aryl methyl sites for hydroxylation is 1. The van der Waals surface area contributed by atoms with Crippen molar-refractivity contribution in [3.05, 3.63) is 11.9 Å². The predicted octanol–water partition coefficient (Wildman–Crippen LogP) is -0.279. The molecule has 1 atom stereocenters. The molecule has 1 unspecified atom stereocenters. The van der Waals surface area contributed by atoms with Crippen molar-refractivity contribution in [1.29, 1.82) is 0 Å². The number of nitrogens with zero attached hydrogens (tertiary/aromatic N) is 3. The fraction of sp³-hybridized carbons (Fsp3) is 0.750. The standard InChI is InChI=1S/C8H16N4O/c1-12-6-8(10-11-12)5-7(9)3-4-13-2/h6-7H,3-5,9H2,1-2H3. The summed E-state index contributed by atoms with van der Waals surface area (Å²) in [6.07, 6.45) is 3.50. The van der Waals surface area contributed by atoms with Crippen LogP contribution in [0.2, 0.25) is 0 Å². The van der Waals surface area contributed by atoms with Crippen LogP contribution < -0.4 is 5.73 Å². The summed E-state index contributed by atoms with van der Waals surface area (Å²) in [5.74, 6) is 0. The first-order valence-electron chi connectivity index (χ1n) is 4.32. The minimum atomic E-state index is 0.108. The Morgan fingerprint density at radius 1 is 1.69 bits per heavy atom. The third kappa shape index (κ3) is 3.52. The maximum Gasteiger partial charge on any atom is 0.0842 e. The van der Waals surface area contributed by atoms with Gasteiger partial charge in [-0.2, -0.15) is 0 Å². The van der Waals surface area contributed by atoms with E-state index >= 15 is 0 Å². The van der Waals surface area contributed by atoms with E-state index in [1.54, 1.807) is 11.8 Å². The lowest BCUT2D eigenvalue weighted by atomic mass is 10.1. The van der Waals surface area contributed by atoms with Crippen molar-refractivity contribution >= 4 is 0 Å². The molecule has 1 aromatic rings. The molecule has 5 nitrogen and oxygen atoms in total. The Morgan fingerprint density at radius 3 is 3.00 bits per heavy atom. The Kier molecular flexibility index (Phi) is 3.85. The van der Waals surface area contributed by atoms with Crippen LogP contribution in [0, 0.1) is 0 Å². The van der Waals surface area contributed by atoms with Crippen molar-refractivity contribution in [3.63, 3.8) is 0 Å². The van der Waals surface area contributed by atoms with E-state index in [0.717, 1.165) is 18.5 Å². The minimum Gasteiger partial charge on any atom is -0.385 e. The zero-order chi connectivity index (χ0) is 9.68. The van der Waals surface area contributed by atoms with Crippen LogP contribution in [-0.2, 0) is 18.2 Å². The molecule has 0 radical (unpaired) electrons. The van der Waals surface area contributed by atoms with E-state index in [-0.39, 0.29) is 6.04 Å². The lowest BCUT2D eigenvalue weighted by molar-refractivity contribution is 0.187. The summed E-state index contributed by atoms with van der Waals surface area (Å²) >= 11 is 0. The molecule has 5 heteroatoms. The number of hydrogen-bond acceptors (Lipinski definition) is 4. The maximum atomic E-state index is 5.84. The fourth-order valence-corrected chi connectivity index (χ4v) is 1.13. The highest BCUT2D eigenvalue weighted by Crippen LogP contribution is 1.99. The Bertz CT molecular complexity index is 248. The molecule has 1 rings (SSSR count). The zero-order valence-electron chi connectivity index (χ0n) is 8.10. The van der Waals surface area contributed by atoms with Crippen molar-refractivity contribution in [2.24, 2.45) is 12.8 Å². The molecule has 0 aliphatic heterocycles. The summed E-state index contributed by atoms with van der Waals surface area (Å²) in [5.41, 5.74) is 6.78. The minimum absolute atomic E-state index is 0.108. The number of hydrogen-bond donors (Lipinski definition) is 1. The van der Waals surface area contributed by atoms with Gasteiger partial charge in [-0.25, -0.2) is 0 Å². The van der Waals surface area contributed by atoms with Crippen LogP contribution in [0.25, 0.3) is 0 Å². The van der Waals surface area contributed by atoms with E-state index in [9.17, 15) is 0 Å². The Balaban J connectivity index is 2.31. The molecule has 0 fully saturated rings. The van der Waals surface area contributed by atoms with E-state index in [1.165, 1.54) is 0 Å². The van der Waals surface area contributed by atoms with Gasteiger partial charge in [-0.05, 0) is 6.42 Å². The second-order valence-corrected chi connectivity index (χ2v) is 3.13. The van der Waals surface area contributed by atoms with E-state index in [0.29, 0.717) is 6.61 Å². The van der Waals surface area contributed by atoms with Gasteiger partial charge in [0.15, 0.2) is 0 Å². The van der Waals surface area contributed by atoms with Crippen molar-refractivity contribution in [2.75, 3.05) is 13.7 Å². The van der Waals surface area contributed by atoms with Gasteiger partial charge in [-0.3, -0.25) is 4.68 Å². The molecule has 74 valence electrons. The number of rotatable bonds is 5. The summed E-state index contributed by atoms with van der Waals surface area (Å²) in [6, 6.07) is 0.108. The zero-order valence-corrected chi connectivity index (χ0v) is 8.10. The van der Waals surface area contributed by atoms with Gasteiger partial charge in [0.2, 0.25) is 0 Å². The van der Waals surface area contributed by atoms with Crippen LogP contribution in [0.5, 0.6) is 0 Å². The van der Waals surface area contributed by atoms with Gasteiger partial charge in [0.25, 0.3) is 0 Å². The molecule has 1 aromatic heterocycles. The van der Waals surface area contributed by atoms with Crippen LogP contribution in [0.15, 0.2) is 6.20 Å². The number of aromatic nitrogens is 3. The van der Waals surface area contributed by atoms with Crippen LogP contribution in [0.3, 0.4) is 0 Å². The van der Waals surface area contributed by atoms with Crippen LogP contribution >= 0.6 is 0 Å². The van der Waals surface area contributed by atoms with Crippen molar-refractivity contribution < 1.29 is 4.74 Å². The van der Waals surface area contributed by atoms with E-state index in [1.807, 2.05) is 13.2 Å². The summed E-state index contributed by atoms with van der Waals surface area (Å²) in [4.78, 5) is 0. The Morgan fingerprint density at radius 2 is 2.46 bits per heavy atom. The Hall–Kier alpha value is -0.940. The highest BCUT2D eigenvalue weighted by Gasteiger charge is 2.06. The second kappa shape index (κ2) is 4.94. The topological polar surface area (TPSA) is 66.0 Å². The van der Waals surface area contributed by atoms with Crippen molar-refractivity contribution in [1.82, 2.24) is 15.0 Å². The number of nitrogens with two attached hydrogens (primary N) is 1. The molecular weight excluding hydrogens is 168 g/mol. The lowest BCUT2D eigenvalue weighted by Crippen LogP contribution is -2.24. The first-order chi connectivity index (χ1) is 6.22. The summed E-state index contributed by atoms with van der Waals surface area (Å²) < 4.78 is 6.61. The molecule has 1 heterocycles. The molecule has 2 N–H and O–H groups in total. The van der Waals surface area contributed by atoms with Crippen LogP contribution in [0.1, 0.15) is 12.1 Å². The summed E-state index contributed by atoms with van der Waals surface area (Å²) in [7, 11) is 3.52. The summed E-state index contributed by atoms with van der Waals surface area (Å²) in [6.45, 7) is 0.696. The molecule has 0 saturated carbocycles. The van der Waals surface area contributed by atoms with E-state index < -0.39 is 0 Å². The van der Waals surface area contributed by atoms with Crippen molar-refractivity contribution in [3.8, 4) is 0 Å². The third-order valence-electron chi connectivity index (χ3n) is 1.81. The lowest BCUT2D eigenvalue weighted by Gasteiger charge is -2.07. The smallest absolute Gasteiger partial charge is 0.0842 e. The molecule has 0 saturated heterocycles. The maximum absolute atomic E-state index is 5.84. The fourth-order valence-electron chi connectivity index (χ4n) is 1.13. The Labute approximate surface area is 77.9 Å². The van der Waals surface area contributed by atoms with Gasteiger partial charge in [0, 0.05) is 39.4 Å². The molecule has 0 amide bonds. The number of ether oxygens (including phenoxy) is 1. The van der Waals surface area contributed by atoms with Crippen LogP contribution in [-0.4, -0.2) is 34.8 Å². The van der Waals surface area contributed by atoms with Gasteiger partial charge in [0.1, 0.15) is 0 Å². The van der Waals surface area contributed by atoms with Crippen LogP contribution in [0.4, 0.5) is 0 Å². The highest BCUT2D eigenvalue weighted by atomic mass is 16.5. The van der Waals surface area contributed by atoms with Gasteiger partial charge in [-0.1, -0.05) is 5.21 Å². The average Bonchev–Trinajstić information content (AvgIpc) is 2.48. The molecule has 0 aromatic carbocycles. The normalized spacial score (nSPS) is 13.2. The first-order valence-corrected chi connectivity index (χ1v) is 4.32. The van der Waals surface area contributed by atoms with Gasteiger partial charge >= 0.3 is 0 Å². The molecular formula is C8H16N4O. The molecule has 0 aliphatic carbocycles. The predicted molar refractivity (Wildman–Crippen MR) is 49.2 cm³/mol.